The quantitative estimate of drug-likeness (QED) is 0.702. The van der Waals surface area contributed by atoms with Gasteiger partial charge in [0.05, 0.1) is 23.7 Å². The summed E-state index contributed by atoms with van der Waals surface area (Å²) in [6.45, 7) is 4.12. The maximum absolute atomic E-state index is 9.91. The molecule has 1 aromatic heterocycles. The van der Waals surface area contributed by atoms with Gasteiger partial charge in [-0.25, -0.2) is 0 Å². The van der Waals surface area contributed by atoms with E-state index < -0.39 is 6.10 Å². The molecule has 0 amide bonds. The molecule has 0 bridgehead atoms. The van der Waals surface area contributed by atoms with Crippen molar-refractivity contribution in [2.24, 2.45) is 0 Å². The van der Waals surface area contributed by atoms with Gasteiger partial charge in [-0.2, -0.15) is 0 Å². The first kappa shape index (κ1) is 14.1. The first-order valence-corrected chi connectivity index (χ1v) is 6.70. The normalized spacial score (nSPS) is 12.6. The molecule has 0 aliphatic carbocycles. The fourth-order valence-electron chi connectivity index (χ4n) is 1.84. The number of rotatable bonds is 8. The molecular formula is C14H24N2O. The summed E-state index contributed by atoms with van der Waals surface area (Å²) in [4.78, 5) is 8.34. The summed E-state index contributed by atoms with van der Waals surface area (Å²) < 4.78 is 0. The topological polar surface area (TPSA) is 46.0 Å². The van der Waals surface area contributed by atoms with Gasteiger partial charge in [0.2, 0.25) is 0 Å². The van der Waals surface area contributed by atoms with Gasteiger partial charge in [-0.15, -0.1) is 0 Å². The largest absolute Gasteiger partial charge is 0.387 e. The molecule has 1 N–H and O–H groups in total. The molecule has 96 valence electrons. The molecule has 0 aliphatic heterocycles. The summed E-state index contributed by atoms with van der Waals surface area (Å²) in [5.41, 5.74) is 1.59. The second-order valence-electron chi connectivity index (χ2n) is 4.65. The summed E-state index contributed by atoms with van der Waals surface area (Å²) >= 11 is 0. The lowest BCUT2D eigenvalue weighted by Gasteiger charge is -2.09. The van der Waals surface area contributed by atoms with E-state index in [1.54, 1.807) is 12.4 Å². The number of aliphatic hydroxyl groups is 1. The average Bonchev–Trinajstić information content (AvgIpc) is 2.34. The highest BCUT2D eigenvalue weighted by molar-refractivity contribution is 5.03. The molecule has 3 nitrogen and oxygen atoms in total. The van der Waals surface area contributed by atoms with Gasteiger partial charge in [0.25, 0.3) is 0 Å². The molecule has 0 aromatic carbocycles. The molecule has 0 aliphatic rings. The molecule has 3 heteroatoms. The zero-order chi connectivity index (χ0) is 12.5. The average molecular weight is 236 g/mol. The van der Waals surface area contributed by atoms with Crippen LogP contribution in [0.5, 0.6) is 0 Å². The highest BCUT2D eigenvalue weighted by Gasteiger charge is 2.08. The Labute approximate surface area is 104 Å². The van der Waals surface area contributed by atoms with Gasteiger partial charge in [0.15, 0.2) is 0 Å². The fraction of sp³-hybridized carbons (Fsp3) is 0.714. The zero-order valence-corrected chi connectivity index (χ0v) is 11.0. The Hall–Kier alpha value is -0.960. The third kappa shape index (κ3) is 5.78. The Morgan fingerprint density at radius 1 is 1.06 bits per heavy atom. The molecule has 1 heterocycles. The van der Waals surface area contributed by atoms with Crippen molar-refractivity contribution in [3.8, 4) is 0 Å². The van der Waals surface area contributed by atoms with Crippen molar-refractivity contribution in [1.29, 1.82) is 0 Å². The summed E-state index contributed by atoms with van der Waals surface area (Å²) in [5.74, 6) is 0. The minimum atomic E-state index is -0.450. The van der Waals surface area contributed by atoms with E-state index in [9.17, 15) is 5.11 Å². The Bertz CT molecular complexity index is 298. The van der Waals surface area contributed by atoms with Crippen LogP contribution >= 0.6 is 0 Å². The Morgan fingerprint density at radius 3 is 2.41 bits per heavy atom. The molecule has 0 radical (unpaired) electrons. The second kappa shape index (κ2) is 8.18. The van der Waals surface area contributed by atoms with Gasteiger partial charge in [-0.3, -0.25) is 9.97 Å². The van der Waals surface area contributed by atoms with Crippen LogP contribution in [0.2, 0.25) is 0 Å². The van der Waals surface area contributed by atoms with E-state index in [0.717, 1.165) is 18.5 Å². The van der Waals surface area contributed by atoms with Crippen molar-refractivity contribution < 1.29 is 5.11 Å². The summed E-state index contributed by atoms with van der Waals surface area (Å²) in [5, 5.41) is 9.91. The number of hydrogen-bond acceptors (Lipinski definition) is 3. The van der Waals surface area contributed by atoms with E-state index in [1.807, 2.05) is 6.92 Å². The van der Waals surface area contributed by atoms with E-state index in [-0.39, 0.29) is 0 Å². The molecule has 0 saturated carbocycles. The van der Waals surface area contributed by atoms with Crippen LogP contribution in [-0.4, -0.2) is 15.1 Å². The minimum Gasteiger partial charge on any atom is -0.387 e. The highest BCUT2D eigenvalue weighted by Crippen LogP contribution is 2.17. The highest BCUT2D eigenvalue weighted by atomic mass is 16.3. The van der Waals surface area contributed by atoms with E-state index in [1.165, 1.54) is 32.1 Å². The molecule has 1 unspecified atom stereocenters. The molecule has 0 saturated heterocycles. The van der Waals surface area contributed by atoms with Gasteiger partial charge < -0.3 is 5.11 Å². The van der Waals surface area contributed by atoms with E-state index >= 15 is 0 Å². The van der Waals surface area contributed by atoms with Crippen LogP contribution in [0.15, 0.2) is 12.4 Å². The van der Waals surface area contributed by atoms with Crippen LogP contribution in [0, 0.1) is 6.92 Å². The zero-order valence-electron chi connectivity index (χ0n) is 11.0. The fourth-order valence-corrected chi connectivity index (χ4v) is 1.84. The van der Waals surface area contributed by atoms with E-state index in [0.29, 0.717) is 5.69 Å². The molecular weight excluding hydrogens is 212 g/mol. The van der Waals surface area contributed by atoms with Gasteiger partial charge in [0.1, 0.15) is 0 Å². The lowest BCUT2D eigenvalue weighted by atomic mass is 10.1. The van der Waals surface area contributed by atoms with Crippen molar-refractivity contribution in [2.45, 2.75) is 64.9 Å². The van der Waals surface area contributed by atoms with Crippen LogP contribution in [0.1, 0.15) is 69.4 Å². The molecule has 1 atom stereocenters. The summed E-state index contributed by atoms with van der Waals surface area (Å²) in [7, 11) is 0. The molecule has 17 heavy (non-hydrogen) atoms. The van der Waals surface area contributed by atoms with Crippen molar-refractivity contribution in [1.82, 2.24) is 9.97 Å². The Kier molecular flexibility index (Phi) is 6.78. The summed E-state index contributed by atoms with van der Waals surface area (Å²) in [6.07, 6.45) is 11.2. The SMILES string of the molecule is CCCCCCCCC(O)c1cnc(C)cn1. The molecule has 1 rings (SSSR count). The van der Waals surface area contributed by atoms with Gasteiger partial charge in [-0.05, 0) is 13.3 Å². The van der Waals surface area contributed by atoms with Crippen LogP contribution < -0.4 is 0 Å². The number of unbranched alkanes of at least 4 members (excludes halogenated alkanes) is 5. The third-order valence-corrected chi connectivity index (χ3v) is 2.97. The van der Waals surface area contributed by atoms with E-state index in [2.05, 4.69) is 16.9 Å². The van der Waals surface area contributed by atoms with Gasteiger partial charge in [-0.1, -0.05) is 45.4 Å². The van der Waals surface area contributed by atoms with Crippen LogP contribution in [0.25, 0.3) is 0 Å². The van der Waals surface area contributed by atoms with Crippen molar-refractivity contribution in [3.05, 3.63) is 23.8 Å². The van der Waals surface area contributed by atoms with Crippen molar-refractivity contribution in [2.75, 3.05) is 0 Å². The maximum atomic E-state index is 9.91. The van der Waals surface area contributed by atoms with Crippen LogP contribution in [0.4, 0.5) is 0 Å². The number of aromatic nitrogens is 2. The molecule has 1 aromatic rings. The van der Waals surface area contributed by atoms with E-state index in [4.69, 9.17) is 0 Å². The number of aryl methyl sites for hydroxylation is 1. The molecule has 0 spiro atoms. The van der Waals surface area contributed by atoms with Gasteiger partial charge >= 0.3 is 0 Å². The Morgan fingerprint density at radius 2 is 1.76 bits per heavy atom. The smallest absolute Gasteiger partial charge is 0.0975 e. The standard InChI is InChI=1S/C14H24N2O/c1-3-4-5-6-7-8-9-14(17)13-11-15-12(2)10-16-13/h10-11,14,17H,3-9H2,1-2H3. The number of aliphatic hydroxyl groups excluding tert-OH is 1. The number of hydrogen-bond donors (Lipinski definition) is 1. The van der Waals surface area contributed by atoms with Gasteiger partial charge in [0, 0.05) is 6.20 Å². The summed E-state index contributed by atoms with van der Waals surface area (Å²) in [6, 6.07) is 0. The Balaban J connectivity index is 2.16. The lowest BCUT2D eigenvalue weighted by molar-refractivity contribution is 0.158. The monoisotopic (exact) mass is 236 g/mol. The maximum Gasteiger partial charge on any atom is 0.0975 e. The number of nitrogens with zero attached hydrogens (tertiary/aromatic N) is 2. The first-order chi connectivity index (χ1) is 8.24. The predicted octanol–water partition coefficient (Wildman–Crippen LogP) is 3.57. The second-order valence-corrected chi connectivity index (χ2v) is 4.65. The third-order valence-electron chi connectivity index (χ3n) is 2.97. The van der Waals surface area contributed by atoms with Crippen molar-refractivity contribution in [3.63, 3.8) is 0 Å². The molecule has 0 fully saturated rings. The minimum absolute atomic E-state index is 0.450. The van der Waals surface area contributed by atoms with Crippen LogP contribution in [-0.2, 0) is 0 Å². The van der Waals surface area contributed by atoms with Crippen LogP contribution in [0.3, 0.4) is 0 Å². The lowest BCUT2D eigenvalue weighted by Crippen LogP contribution is -2.01. The first-order valence-electron chi connectivity index (χ1n) is 6.70. The van der Waals surface area contributed by atoms with Crippen molar-refractivity contribution >= 4 is 0 Å². The predicted molar refractivity (Wildman–Crippen MR) is 69.7 cm³/mol.